The van der Waals surface area contributed by atoms with E-state index >= 15 is 0 Å². The number of pyridine rings is 1. The molecule has 0 fully saturated rings. The van der Waals surface area contributed by atoms with Gasteiger partial charge in [0.05, 0.1) is 4.88 Å². The molecule has 7 heteroatoms. The molecule has 0 aliphatic carbocycles. The Morgan fingerprint density at radius 1 is 1.15 bits per heavy atom. The van der Waals surface area contributed by atoms with Crippen LogP contribution in [0.5, 0.6) is 5.75 Å². The average Bonchev–Trinajstić information content (AvgIpc) is 3.27. The Hall–Kier alpha value is -3.19. The van der Waals surface area contributed by atoms with E-state index in [4.69, 9.17) is 0 Å². The zero-order chi connectivity index (χ0) is 18.3. The average molecular weight is 364 g/mol. The number of aromatic hydroxyl groups is 1. The lowest BCUT2D eigenvalue weighted by molar-refractivity contribution is 0.102. The Bertz CT molecular complexity index is 1090. The highest BCUT2D eigenvalue weighted by molar-refractivity contribution is 7.12. The number of amides is 1. The number of nitrogens with zero attached hydrogens (tertiary/aromatic N) is 3. The predicted molar refractivity (Wildman–Crippen MR) is 102 cm³/mol. The van der Waals surface area contributed by atoms with Crippen LogP contribution in [-0.4, -0.2) is 25.6 Å². The lowest BCUT2D eigenvalue weighted by Crippen LogP contribution is -2.11. The van der Waals surface area contributed by atoms with Crippen LogP contribution in [0, 0.1) is 13.8 Å². The summed E-state index contributed by atoms with van der Waals surface area (Å²) >= 11 is 1.37. The second-order valence-electron chi connectivity index (χ2n) is 6.05. The molecule has 0 saturated carbocycles. The minimum absolute atomic E-state index is 0.221. The molecular weight excluding hydrogens is 348 g/mol. The molecule has 0 radical (unpaired) electrons. The first-order chi connectivity index (χ1) is 12.5. The number of benzene rings is 1. The minimum atomic E-state index is -0.221. The third-order valence-corrected chi connectivity index (χ3v) is 4.99. The molecule has 0 atom stereocenters. The summed E-state index contributed by atoms with van der Waals surface area (Å²) in [4.78, 5) is 17.1. The van der Waals surface area contributed by atoms with Crippen LogP contribution in [0.3, 0.4) is 0 Å². The number of hydrogen-bond acceptors (Lipinski definition) is 5. The van der Waals surface area contributed by atoms with Crippen LogP contribution >= 0.6 is 11.3 Å². The van der Waals surface area contributed by atoms with E-state index in [2.05, 4.69) is 15.4 Å². The fourth-order valence-electron chi connectivity index (χ4n) is 2.80. The molecule has 26 heavy (non-hydrogen) atoms. The van der Waals surface area contributed by atoms with Gasteiger partial charge in [-0.1, -0.05) is 6.07 Å². The molecule has 0 aliphatic heterocycles. The number of phenols is 1. The van der Waals surface area contributed by atoms with Gasteiger partial charge in [-0.25, -0.2) is 4.52 Å². The van der Waals surface area contributed by atoms with Gasteiger partial charge in [0.2, 0.25) is 5.95 Å². The Balaban J connectivity index is 1.67. The van der Waals surface area contributed by atoms with Gasteiger partial charge in [-0.3, -0.25) is 10.1 Å². The summed E-state index contributed by atoms with van der Waals surface area (Å²) < 4.78 is 1.64. The van der Waals surface area contributed by atoms with Gasteiger partial charge >= 0.3 is 0 Å². The third kappa shape index (κ3) is 2.93. The summed E-state index contributed by atoms with van der Waals surface area (Å²) in [5.74, 6) is 0.355. The molecule has 3 heterocycles. The summed E-state index contributed by atoms with van der Waals surface area (Å²) in [6, 6.07) is 11.2. The van der Waals surface area contributed by atoms with Crippen molar-refractivity contribution in [3.8, 4) is 16.9 Å². The molecule has 0 aliphatic rings. The maximum atomic E-state index is 12.1. The van der Waals surface area contributed by atoms with Crippen LogP contribution in [0.4, 0.5) is 5.95 Å². The summed E-state index contributed by atoms with van der Waals surface area (Å²) in [5, 5.41) is 18.8. The predicted octanol–water partition coefficient (Wildman–Crippen LogP) is 4.03. The SMILES string of the molecule is Cc1cc(-c2ccc3nc(NC(=O)c4cccs4)nn3c2)cc(C)c1O. The van der Waals surface area contributed by atoms with Crippen molar-refractivity contribution in [2.75, 3.05) is 5.32 Å². The van der Waals surface area contributed by atoms with Gasteiger partial charge in [-0.2, -0.15) is 4.98 Å². The highest BCUT2D eigenvalue weighted by Gasteiger charge is 2.12. The van der Waals surface area contributed by atoms with E-state index in [1.54, 1.807) is 10.6 Å². The fraction of sp³-hybridized carbons (Fsp3) is 0.105. The van der Waals surface area contributed by atoms with Crippen LogP contribution < -0.4 is 5.32 Å². The van der Waals surface area contributed by atoms with E-state index in [0.717, 1.165) is 22.3 Å². The molecule has 0 bridgehead atoms. The quantitative estimate of drug-likeness (QED) is 0.575. The number of aryl methyl sites for hydroxylation is 2. The Labute approximate surface area is 153 Å². The van der Waals surface area contributed by atoms with Crippen molar-refractivity contribution in [3.05, 3.63) is 64.0 Å². The first-order valence-electron chi connectivity index (χ1n) is 8.03. The number of carbonyl (C=O) groups is 1. The van der Waals surface area contributed by atoms with E-state index in [9.17, 15) is 9.90 Å². The van der Waals surface area contributed by atoms with Crippen molar-refractivity contribution in [3.63, 3.8) is 0 Å². The first kappa shape index (κ1) is 16.3. The van der Waals surface area contributed by atoms with Gasteiger partial charge in [-0.05, 0) is 66.2 Å². The van der Waals surface area contributed by atoms with E-state index in [1.165, 1.54) is 11.3 Å². The highest BCUT2D eigenvalue weighted by atomic mass is 32.1. The van der Waals surface area contributed by atoms with Crippen molar-refractivity contribution in [1.29, 1.82) is 0 Å². The zero-order valence-electron chi connectivity index (χ0n) is 14.2. The number of phenolic OH excluding ortho intramolecular Hbond substituents is 1. The minimum Gasteiger partial charge on any atom is -0.507 e. The molecule has 1 amide bonds. The maximum Gasteiger partial charge on any atom is 0.268 e. The number of rotatable bonds is 3. The topological polar surface area (TPSA) is 79.5 Å². The summed E-state index contributed by atoms with van der Waals surface area (Å²) in [6.45, 7) is 3.75. The first-order valence-corrected chi connectivity index (χ1v) is 8.91. The smallest absolute Gasteiger partial charge is 0.268 e. The third-order valence-electron chi connectivity index (χ3n) is 4.13. The van der Waals surface area contributed by atoms with Gasteiger partial charge in [0, 0.05) is 11.8 Å². The number of hydrogen-bond donors (Lipinski definition) is 2. The van der Waals surface area contributed by atoms with Gasteiger partial charge < -0.3 is 5.11 Å². The molecule has 4 aromatic rings. The number of anilines is 1. The van der Waals surface area contributed by atoms with Crippen LogP contribution in [-0.2, 0) is 0 Å². The number of carbonyl (C=O) groups excluding carboxylic acids is 1. The van der Waals surface area contributed by atoms with E-state index < -0.39 is 0 Å². The second-order valence-corrected chi connectivity index (χ2v) is 6.99. The summed E-state index contributed by atoms with van der Waals surface area (Å²) in [6.07, 6.45) is 1.86. The Kier molecular flexibility index (Phi) is 3.93. The molecule has 0 saturated heterocycles. The molecule has 3 aromatic heterocycles. The summed E-state index contributed by atoms with van der Waals surface area (Å²) in [5.41, 5.74) is 4.22. The van der Waals surface area contributed by atoms with Crippen LogP contribution in [0.15, 0.2) is 48.0 Å². The maximum absolute atomic E-state index is 12.1. The van der Waals surface area contributed by atoms with Gasteiger partial charge in [0.15, 0.2) is 5.65 Å². The fourth-order valence-corrected chi connectivity index (χ4v) is 3.42. The van der Waals surface area contributed by atoms with Crippen molar-refractivity contribution in [1.82, 2.24) is 14.6 Å². The van der Waals surface area contributed by atoms with Crippen LogP contribution in [0.1, 0.15) is 20.8 Å². The molecule has 1 aromatic carbocycles. The molecule has 0 spiro atoms. The largest absolute Gasteiger partial charge is 0.507 e. The van der Waals surface area contributed by atoms with Gasteiger partial charge in [0.25, 0.3) is 5.91 Å². The molecule has 4 rings (SSSR count). The lowest BCUT2D eigenvalue weighted by atomic mass is 10.0. The van der Waals surface area contributed by atoms with Crippen molar-refractivity contribution in [2.45, 2.75) is 13.8 Å². The molecular formula is C19H16N4O2S. The van der Waals surface area contributed by atoms with E-state index in [-0.39, 0.29) is 11.9 Å². The molecule has 2 N–H and O–H groups in total. The van der Waals surface area contributed by atoms with E-state index in [1.807, 2.05) is 55.8 Å². The van der Waals surface area contributed by atoms with Crippen LogP contribution in [0.2, 0.25) is 0 Å². The lowest BCUT2D eigenvalue weighted by Gasteiger charge is -2.08. The molecule has 0 unspecified atom stereocenters. The van der Waals surface area contributed by atoms with Crippen LogP contribution in [0.25, 0.3) is 16.8 Å². The Morgan fingerprint density at radius 3 is 2.62 bits per heavy atom. The Morgan fingerprint density at radius 2 is 1.92 bits per heavy atom. The highest BCUT2D eigenvalue weighted by Crippen LogP contribution is 2.29. The molecule has 130 valence electrons. The normalized spacial score (nSPS) is 11.0. The number of fused-ring (bicyclic) bond motifs is 1. The second kappa shape index (κ2) is 6.27. The monoisotopic (exact) mass is 364 g/mol. The van der Waals surface area contributed by atoms with Crippen molar-refractivity contribution in [2.24, 2.45) is 0 Å². The molecule has 6 nitrogen and oxygen atoms in total. The van der Waals surface area contributed by atoms with Gasteiger partial charge in [0.1, 0.15) is 5.75 Å². The van der Waals surface area contributed by atoms with Crippen molar-refractivity contribution >= 4 is 28.8 Å². The zero-order valence-corrected chi connectivity index (χ0v) is 15.0. The van der Waals surface area contributed by atoms with E-state index in [0.29, 0.717) is 16.3 Å². The standard InChI is InChI=1S/C19H16N4O2S/c1-11-8-14(9-12(2)17(11)24)13-5-6-16-20-19(22-23(16)10-13)21-18(25)15-4-3-7-26-15/h3-10,24H,1-2H3,(H,21,22,25). The van der Waals surface area contributed by atoms with Gasteiger partial charge in [-0.15, -0.1) is 16.4 Å². The van der Waals surface area contributed by atoms with Crippen molar-refractivity contribution < 1.29 is 9.90 Å². The number of thiophene rings is 1. The number of nitrogens with one attached hydrogen (secondary N) is 1. The number of aromatic nitrogens is 3. The summed E-state index contributed by atoms with van der Waals surface area (Å²) in [7, 11) is 0.